The van der Waals surface area contributed by atoms with Gasteiger partial charge in [0.05, 0.1) is 4.90 Å². The minimum absolute atomic E-state index is 0.0593. The van der Waals surface area contributed by atoms with Gasteiger partial charge in [0.25, 0.3) is 0 Å². The zero-order chi connectivity index (χ0) is 16.9. The van der Waals surface area contributed by atoms with Gasteiger partial charge in [0, 0.05) is 22.8 Å². The van der Waals surface area contributed by atoms with E-state index in [1.807, 2.05) is 0 Å². The summed E-state index contributed by atoms with van der Waals surface area (Å²) in [7, 11) is -3.80. The molecule has 2 aromatic carbocycles. The molecule has 0 fully saturated rings. The molecule has 0 unspecified atom stereocenters. The van der Waals surface area contributed by atoms with Gasteiger partial charge in [-0.1, -0.05) is 6.07 Å². The third-order valence-corrected chi connectivity index (χ3v) is 4.78. The van der Waals surface area contributed by atoms with Crippen molar-refractivity contribution >= 4 is 33.4 Å². The Morgan fingerprint density at radius 3 is 2.52 bits per heavy atom. The molecule has 1 amide bonds. The second-order valence-electron chi connectivity index (χ2n) is 4.67. The molecule has 2 aromatic rings. The van der Waals surface area contributed by atoms with E-state index in [0.29, 0.717) is 11.4 Å². The van der Waals surface area contributed by atoms with E-state index in [2.05, 4.69) is 5.32 Å². The average Bonchev–Trinajstić information content (AvgIpc) is 2.49. The normalized spacial score (nSPS) is 11.2. The van der Waals surface area contributed by atoms with Crippen molar-refractivity contribution in [3.05, 3.63) is 54.3 Å². The summed E-state index contributed by atoms with van der Waals surface area (Å²) in [6.45, 7) is 0. The van der Waals surface area contributed by atoms with Crippen molar-refractivity contribution in [1.29, 1.82) is 0 Å². The van der Waals surface area contributed by atoms with Gasteiger partial charge in [-0.25, -0.2) is 17.9 Å². The molecule has 2 rings (SSSR count). The second-order valence-corrected chi connectivity index (χ2v) is 7.40. The first-order valence-electron chi connectivity index (χ1n) is 6.66. The van der Waals surface area contributed by atoms with Crippen LogP contribution in [0.25, 0.3) is 0 Å². The van der Waals surface area contributed by atoms with E-state index in [4.69, 9.17) is 5.14 Å². The predicted octanol–water partition coefficient (Wildman–Crippen LogP) is 2.59. The van der Waals surface area contributed by atoms with Gasteiger partial charge in [0.1, 0.15) is 5.82 Å². The summed E-state index contributed by atoms with van der Waals surface area (Å²) < 4.78 is 35.3. The van der Waals surface area contributed by atoms with Crippen LogP contribution in [0.15, 0.2) is 58.3 Å². The smallest absolute Gasteiger partial charge is 0.238 e. The van der Waals surface area contributed by atoms with E-state index < -0.39 is 10.0 Å². The number of nitrogens with one attached hydrogen (secondary N) is 1. The molecule has 0 spiro atoms. The van der Waals surface area contributed by atoms with Gasteiger partial charge < -0.3 is 5.32 Å². The maximum Gasteiger partial charge on any atom is 0.238 e. The lowest BCUT2D eigenvalue weighted by Gasteiger charge is -2.07. The highest BCUT2D eigenvalue weighted by atomic mass is 32.2. The van der Waals surface area contributed by atoms with Crippen LogP contribution in [0.1, 0.15) is 6.42 Å². The van der Waals surface area contributed by atoms with Crippen molar-refractivity contribution in [1.82, 2.24) is 0 Å². The molecule has 5 nitrogen and oxygen atoms in total. The largest absolute Gasteiger partial charge is 0.326 e. The van der Waals surface area contributed by atoms with Crippen LogP contribution in [-0.4, -0.2) is 20.1 Å². The van der Waals surface area contributed by atoms with Gasteiger partial charge in [-0.15, -0.1) is 11.8 Å². The Labute approximate surface area is 138 Å². The number of benzene rings is 2. The van der Waals surface area contributed by atoms with Crippen molar-refractivity contribution in [3.8, 4) is 0 Å². The Kier molecular flexibility index (Phi) is 5.75. The van der Waals surface area contributed by atoms with Crippen LogP contribution in [-0.2, 0) is 14.8 Å². The molecule has 0 saturated heterocycles. The Balaban J connectivity index is 1.86. The average molecular weight is 354 g/mol. The van der Waals surface area contributed by atoms with Gasteiger partial charge >= 0.3 is 0 Å². The van der Waals surface area contributed by atoms with Crippen LogP contribution >= 0.6 is 11.8 Å². The molecule has 0 aliphatic rings. The summed E-state index contributed by atoms with van der Waals surface area (Å²) >= 11 is 1.43. The third-order valence-electron chi connectivity index (χ3n) is 2.86. The number of anilines is 1. The number of hydrogen-bond acceptors (Lipinski definition) is 4. The van der Waals surface area contributed by atoms with Crippen molar-refractivity contribution in [2.75, 3.05) is 11.1 Å². The molecule has 0 radical (unpaired) electrons. The summed E-state index contributed by atoms with van der Waals surface area (Å²) in [6, 6.07) is 11.8. The zero-order valence-electron chi connectivity index (χ0n) is 12.0. The minimum Gasteiger partial charge on any atom is -0.326 e. The van der Waals surface area contributed by atoms with Crippen LogP contribution in [0.4, 0.5) is 10.1 Å². The summed E-state index contributed by atoms with van der Waals surface area (Å²) in [5.74, 6) is -0.0280. The highest BCUT2D eigenvalue weighted by Gasteiger charge is 2.09. The number of sulfonamides is 1. The summed E-state index contributed by atoms with van der Waals surface area (Å²) in [5, 5.41) is 7.66. The number of amides is 1. The van der Waals surface area contributed by atoms with Crippen molar-refractivity contribution in [2.45, 2.75) is 16.2 Å². The second kappa shape index (κ2) is 7.58. The lowest BCUT2D eigenvalue weighted by Crippen LogP contribution is -2.15. The Morgan fingerprint density at radius 2 is 1.87 bits per heavy atom. The molecule has 0 aliphatic carbocycles. The maximum absolute atomic E-state index is 12.8. The SMILES string of the molecule is NS(=O)(=O)c1cccc(NC(=O)CCSc2ccc(F)cc2)c1. The van der Waals surface area contributed by atoms with Crippen LogP contribution in [0, 0.1) is 5.82 Å². The lowest BCUT2D eigenvalue weighted by atomic mass is 10.3. The quantitative estimate of drug-likeness (QED) is 0.780. The summed E-state index contributed by atoms with van der Waals surface area (Å²) in [5.41, 5.74) is 0.369. The van der Waals surface area contributed by atoms with Gasteiger partial charge in [-0.05, 0) is 42.5 Å². The number of primary sulfonamides is 1. The van der Waals surface area contributed by atoms with E-state index in [9.17, 15) is 17.6 Å². The molecule has 0 aliphatic heterocycles. The summed E-state index contributed by atoms with van der Waals surface area (Å²) in [6.07, 6.45) is 0.238. The van der Waals surface area contributed by atoms with Gasteiger partial charge in [0.15, 0.2) is 0 Å². The number of carbonyl (C=O) groups excluding carboxylic acids is 1. The molecule has 0 saturated carbocycles. The van der Waals surface area contributed by atoms with E-state index in [0.717, 1.165) is 4.90 Å². The van der Waals surface area contributed by atoms with Crippen LogP contribution < -0.4 is 10.5 Å². The number of halogens is 1. The van der Waals surface area contributed by atoms with Gasteiger partial charge in [0.2, 0.25) is 15.9 Å². The van der Waals surface area contributed by atoms with E-state index in [1.54, 1.807) is 18.2 Å². The van der Waals surface area contributed by atoms with E-state index in [1.165, 1.54) is 42.1 Å². The number of thioether (sulfide) groups is 1. The first kappa shape index (κ1) is 17.5. The zero-order valence-corrected chi connectivity index (χ0v) is 13.7. The monoisotopic (exact) mass is 354 g/mol. The third kappa shape index (κ3) is 5.66. The van der Waals surface area contributed by atoms with Crippen LogP contribution in [0.2, 0.25) is 0 Å². The van der Waals surface area contributed by atoms with Crippen molar-refractivity contribution < 1.29 is 17.6 Å². The van der Waals surface area contributed by atoms with Crippen molar-refractivity contribution in [2.24, 2.45) is 5.14 Å². The fourth-order valence-corrected chi connectivity index (χ4v) is 3.18. The maximum atomic E-state index is 12.8. The molecule has 0 aromatic heterocycles. The highest BCUT2D eigenvalue weighted by molar-refractivity contribution is 7.99. The van der Waals surface area contributed by atoms with Crippen LogP contribution in [0.5, 0.6) is 0 Å². The highest BCUT2D eigenvalue weighted by Crippen LogP contribution is 2.19. The molecule has 0 atom stereocenters. The molecule has 122 valence electrons. The molecule has 8 heteroatoms. The minimum atomic E-state index is -3.80. The molecule has 0 heterocycles. The summed E-state index contributed by atoms with van der Waals surface area (Å²) in [4.78, 5) is 12.7. The molecular formula is C15H15FN2O3S2. The Bertz CT molecular complexity index is 793. The number of hydrogen-bond donors (Lipinski definition) is 2. The van der Waals surface area contributed by atoms with E-state index in [-0.39, 0.29) is 23.0 Å². The molecule has 3 N–H and O–H groups in total. The van der Waals surface area contributed by atoms with Gasteiger partial charge in [-0.3, -0.25) is 4.79 Å². The Hall–Kier alpha value is -1.90. The molecule has 0 bridgehead atoms. The standard InChI is InChI=1S/C15H15FN2O3S2/c16-11-4-6-13(7-5-11)22-9-8-15(19)18-12-2-1-3-14(10-12)23(17,20)21/h1-7,10H,8-9H2,(H,18,19)(H2,17,20,21). The number of carbonyl (C=O) groups is 1. The van der Waals surface area contributed by atoms with E-state index >= 15 is 0 Å². The van der Waals surface area contributed by atoms with Crippen molar-refractivity contribution in [3.63, 3.8) is 0 Å². The topological polar surface area (TPSA) is 89.3 Å². The number of rotatable bonds is 6. The Morgan fingerprint density at radius 1 is 1.17 bits per heavy atom. The fraction of sp³-hybridized carbons (Fsp3) is 0.133. The van der Waals surface area contributed by atoms with Gasteiger partial charge in [-0.2, -0.15) is 0 Å². The predicted molar refractivity (Wildman–Crippen MR) is 88.2 cm³/mol. The molecule has 23 heavy (non-hydrogen) atoms. The van der Waals surface area contributed by atoms with Crippen LogP contribution in [0.3, 0.4) is 0 Å². The first-order chi connectivity index (χ1) is 10.8. The molecular weight excluding hydrogens is 339 g/mol. The number of nitrogens with two attached hydrogens (primary N) is 1. The first-order valence-corrected chi connectivity index (χ1v) is 9.19. The lowest BCUT2D eigenvalue weighted by molar-refractivity contribution is -0.115. The fourth-order valence-electron chi connectivity index (χ4n) is 1.77.